The molecule has 0 spiro atoms. The van der Waals surface area contributed by atoms with E-state index in [1.165, 1.54) is 0 Å². The van der Waals surface area contributed by atoms with Crippen molar-refractivity contribution in [3.63, 3.8) is 0 Å². The lowest BCUT2D eigenvalue weighted by Gasteiger charge is -2.17. The molecule has 0 unspecified atom stereocenters. The molecular formula is C27H25N3O5. The summed E-state index contributed by atoms with van der Waals surface area (Å²) in [5.74, 6) is 0.125. The number of benzene rings is 3. The lowest BCUT2D eigenvalue weighted by Crippen LogP contribution is -2.29. The molecule has 0 radical (unpaired) electrons. The van der Waals surface area contributed by atoms with Crippen molar-refractivity contribution in [1.29, 1.82) is 0 Å². The molecule has 2 heterocycles. The number of para-hydroxylation sites is 1. The Hall–Kier alpha value is -4.33. The van der Waals surface area contributed by atoms with E-state index in [0.717, 1.165) is 16.8 Å². The van der Waals surface area contributed by atoms with Crippen molar-refractivity contribution >= 4 is 29.1 Å². The monoisotopic (exact) mass is 471 g/mol. The van der Waals surface area contributed by atoms with Gasteiger partial charge in [0.15, 0.2) is 11.5 Å². The van der Waals surface area contributed by atoms with Gasteiger partial charge in [-0.15, -0.1) is 0 Å². The van der Waals surface area contributed by atoms with E-state index >= 15 is 0 Å². The van der Waals surface area contributed by atoms with Gasteiger partial charge in [-0.25, -0.2) is 0 Å². The van der Waals surface area contributed by atoms with Crippen LogP contribution in [0, 0.1) is 12.8 Å². The number of rotatable bonds is 6. The number of carbonyl (C=O) groups is 3. The molecule has 2 aliphatic rings. The summed E-state index contributed by atoms with van der Waals surface area (Å²) in [5, 5.41) is 5.74. The molecule has 5 rings (SSSR count). The minimum absolute atomic E-state index is 0.0921. The van der Waals surface area contributed by atoms with Gasteiger partial charge in [-0.3, -0.25) is 14.4 Å². The van der Waals surface area contributed by atoms with Gasteiger partial charge in [0.1, 0.15) is 0 Å². The van der Waals surface area contributed by atoms with E-state index in [1.807, 2.05) is 43.3 Å². The van der Waals surface area contributed by atoms with Crippen molar-refractivity contribution in [2.75, 3.05) is 23.6 Å². The third kappa shape index (κ3) is 4.82. The lowest BCUT2D eigenvalue weighted by molar-refractivity contribution is -0.122. The van der Waals surface area contributed by atoms with E-state index in [-0.39, 0.29) is 30.9 Å². The minimum Gasteiger partial charge on any atom is -0.454 e. The molecule has 0 aromatic heterocycles. The Morgan fingerprint density at radius 3 is 2.69 bits per heavy atom. The molecule has 3 aromatic rings. The number of hydrogen-bond donors (Lipinski definition) is 2. The first-order valence-electron chi connectivity index (χ1n) is 11.4. The fourth-order valence-corrected chi connectivity index (χ4v) is 4.28. The number of carbonyl (C=O) groups excluding carboxylic acids is 3. The van der Waals surface area contributed by atoms with Crippen LogP contribution in [0.4, 0.5) is 11.4 Å². The highest BCUT2D eigenvalue weighted by atomic mass is 16.7. The highest BCUT2D eigenvalue weighted by Crippen LogP contribution is 2.32. The second kappa shape index (κ2) is 9.50. The number of nitrogens with one attached hydrogen (secondary N) is 2. The third-order valence-corrected chi connectivity index (χ3v) is 6.13. The molecule has 0 aliphatic carbocycles. The summed E-state index contributed by atoms with van der Waals surface area (Å²) in [6.45, 7) is 2.74. The lowest BCUT2D eigenvalue weighted by atomic mass is 10.1. The van der Waals surface area contributed by atoms with E-state index in [1.54, 1.807) is 35.2 Å². The average Bonchev–Trinajstić information content (AvgIpc) is 3.49. The minimum atomic E-state index is -0.507. The molecule has 1 saturated heterocycles. The summed E-state index contributed by atoms with van der Waals surface area (Å²) in [6, 6.07) is 20.0. The van der Waals surface area contributed by atoms with Crippen LogP contribution in [-0.2, 0) is 16.1 Å². The van der Waals surface area contributed by atoms with Gasteiger partial charge in [0.05, 0.1) is 17.2 Å². The van der Waals surface area contributed by atoms with Crippen LogP contribution in [0.15, 0.2) is 66.7 Å². The topological polar surface area (TPSA) is 97.0 Å². The quantitative estimate of drug-likeness (QED) is 0.572. The van der Waals surface area contributed by atoms with Crippen LogP contribution in [-0.4, -0.2) is 31.1 Å². The highest BCUT2D eigenvalue weighted by molar-refractivity contribution is 6.07. The Bertz CT molecular complexity index is 1310. The van der Waals surface area contributed by atoms with E-state index in [2.05, 4.69) is 10.6 Å². The molecule has 8 nitrogen and oxygen atoms in total. The second-order valence-corrected chi connectivity index (χ2v) is 8.65. The number of fused-ring (bicyclic) bond motifs is 1. The summed E-state index contributed by atoms with van der Waals surface area (Å²) in [6.07, 6.45) is 0.123. The summed E-state index contributed by atoms with van der Waals surface area (Å²) in [7, 11) is 0. The number of anilines is 2. The predicted molar refractivity (Wildman–Crippen MR) is 130 cm³/mol. The summed E-state index contributed by atoms with van der Waals surface area (Å²) in [4.78, 5) is 40.2. The van der Waals surface area contributed by atoms with Crippen LogP contribution >= 0.6 is 0 Å². The zero-order valence-electron chi connectivity index (χ0n) is 19.2. The van der Waals surface area contributed by atoms with E-state index in [0.29, 0.717) is 35.8 Å². The van der Waals surface area contributed by atoms with Gasteiger partial charge < -0.3 is 25.0 Å². The Morgan fingerprint density at radius 2 is 1.83 bits per heavy atom. The number of hydrogen-bond acceptors (Lipinski definition) is 5. The molecule has 1 atom stereocenters. The van der Waals surface area contributed by atoms with Crippen molar-refractivity contribution < 1.29 is 23.9 Å². The van der Waals surface area contributed by atoms with Crippen molar-refractivity contribution in [3.8, 4) is 11.5 Å². The van der Waals surface area contributed by atoms with Gasteiger partial charge in [0, 0.05) is 25.2 Å². The Morgan fingerprint density at radius 1 is 1.00 bits per heavy atom. The molecule has 0 saturated carbocycles. The fourth-order valence-electron chi connectivity index (χ4n) is 4.28. The van der Waals surface area contributed by atoms with Gasteiger partial charge in [-0.1, -0.05) is 30.3 Å². The van der Waals surface area contributed by atoms with E-state index in [4.69, 9.17) is 9.47 Å². The summed E-state index contributed by atoms with van der Waals surface area (Å²) < 4.78 is 10.7. The molecule has 0 bridgehead atoms. The molecular weight excluding hydrogens is 446 g/mol. The van der Waals surface area contributed by atoms with Gasteiger partial charge in [0.25, 0.3) is 5.91 Å². The maximum atomic E-state index is 13.0. The molecule has 1 fully saturated rings. The van der Waals surface area contributed by atoms with Gasteiger partial charge in [0.2, 0.25) is 18.6 Å². The molecule has 2 aliphatic heterocycles. The maximum absolute atomic E-state index is 13.0. The maximum Gasteiger partial charge on any atom is 0.253 e. The van der Waals surface area contributed by atoms with Crippen LogP contribution in [0.3, 0.4) is 0 Å². The molecule has 35 heavy (non-hydrogen) atoms. The molecule has 2 N–H and O–H groups in total. The smallest absolute Gasteiger partial charge is 0.253 e. The summed E-state index contributed by atoms with van der Waals surface area (Å²) >= 11 is 0. The normalized spacial score (nSPS) is 16.3. The van der Waals surface area contributed by atoms with E-state index in [9.17, 15) is 14.4 Å². The van der Waals surface area contributed by atoms with Crippen LogP contribution in [0.2, 0.25) is 0 Å². The fraction of sp³-hybridized carbons (Fsp3) is 0.222. The van der Waals surface area contributed by atoms with Crippen molar-refractivity contribution in [2.45, 2.75) is 19.9 Å². The Kier molecular flexibility index (Phi) is 6.10. The molecule has 178 valence electrons. The first-order valence-corrected chi connectivity index (χ1v) is 11.4. The zero-order valence-corrected chi connectivity index (χ0v) is 19.2. The third-order valence-electron chi connectivity index (χ3n) is 6.13. The van der Waals surface area contributed by atoms with Gasteiger partial charge in [-0.2, -0.15) is 0 Å². The summed E-state index contributed by atoms with van der Waals surface area (Å²) in [5.41, 5.74) is 3.45. The molecule has 8 heteroatoms. The number of ether oxygens (including phenoxy) is 2. The van der Waals surface area contributed by atoms with Crippen molar-refractivity contribution in [3.05, 3.63) is 83.4 Å². The number of amides is 3. The zero-order chi connectivity index (χ0) is 24.4. The average molecular weight is 472 g/mol. The van der Waals surface area contributed by atoms with Crippen molar-refractivity contribution in [1.82, 2.24) is 5.32 Å². The Balaban J connectivity index is 1.24. The first-order chi connectivity index (χ1) is 17.0. The highest BCUT2D eigenvalue weighted by Gasteiger charge is 2.35. The Labute approximate surface area is 202 Å². The largest absolute Gasteiger partial charge is 0.454 e. The second-order valence-electron chi connectivity index (χ2n) is 8.65. The van der Waals surface area contributed by atoms with E-state index < -0.39 is 5.92 Å². The van der Waals surface area contributed by atoms with Crippen LogP contribution in [0.25, 0.3) is 0 Å². The van der Waals surface area contributed by atoms with Crippen LogP contribution in [0.5, 0.6) is 11.5 Å². The number of nitrogens with zero attached hydrogens (tertiary/aromatic N) is 1. The number of aryl methyl sites for hydroxylation is 1. The standard InChI is InChI=1S/C27H25N3O5/c1-17-5-4-6-20(11-17)30-15-19(13-25(30)31)26(32)29-22-8-3-2-7-21(22)27(33)28-14-18-9-10-23-24(12-18)35-16-34-23/h2-12,19H,13-16H2,1H3,(H,28,33)(H,29,32)/t19-/m0/s1. The first kappa shape index (κ1) is 22.5. The molecule has 3 aromatic carbocycles. The SMILES string of the molecule is Cc1cccc(N2C[C@@H](C(=O)Nc3ccccc3C(=O)NCc3ccc4c(c3)OCO4)CC2=O)c1. The van der Waals surface area contributed by atoms with Gasteiger partial charge in [-0.05, 0) is 54.4 Å². The van der Waals surface area contributed by atoms with Crippen LogP contribution in [0.1, 0.15) is 27.9 Å². The van der Waals surface area contributed by atoms with Gasteiger partial charge >= 0.3 is 0 Å². The van der Waals surface area contributed by atoms with Crippen LogP contribution < -0.4 is 25.0 Å². The van der Waals surface area contributed by atoms with Crippen molar-refractivity contribution in [2.24, 2.45) is 5.92 Å². The molecule has 3 amide bonds. The predicted octanol–water partition coefficient (Wildman–Crippen LogP) is 3.65.